The van der Waals surface area contributed by atoms with Crippen molar-refractivity contribution in [1.29, 1.82) is 0 Å². The first-order valence-electron chi connectivity index (χ1n) is 7.00. The van der Waals surface area contributed by atoms with Gasteiger partial charge in [0.15, 0.2) is 11.6 Å². The van der Waals surface area contributed by atoms with Crippen molar-refractivity contribution in [3.8, 4) is 0 Å². The van der Waals surface area contributed by atoms with Crippen molar-refractivity contribution in [3.05, 3.63) is 29.8 Å². The summed E-state index contributed by atoms with van der Waals surface area (Å²) in [5, 5.41) is 8.93. The highest BCUT2D eigenvalue weighted by molar-refractivity contribution is 6.10. The summed E-state index contributed by atoms with van der Waals surface area (Å²) < 4.78 is 26.2. The molecule has 124 valence electrons. The topological polar surface area (TPSA) is 77.9 Å². The van der Waals surface area contributed by atoms with Crippen LogP contribution in [0.4, 0.5) is 14.5 Å². The normalized spacial score (nSPS) is 18.9. The zero-order valence-electron chi connectivity index (χ0n) is 12.6. The first kappa shape index (κ1) is 16.9. The highest BCUT2D eigenvalue weighted by Gasteiger charge is 2.40. The monoisotopic (exact) mass is 326 g/mol. The molecule has 0 aromatic heterocycles. The summed E-state index contributed by atoms with van der Waals surface area (Å²) in [6.45, 7) is 1.52. The number of anilines is 1. The third-order valence-electron chi connectivity index (χ3n) is 4.00. The van der Waals surface area contributed by atoms with Crippen molar-refractivity contribution in [2.24, 2.45) is 5.92 Å². The second-order valence-electron chi connectivity index (χ2n) is 5.39. The number of rotatable bonds is 4. The van der Waals surface area contributed by atoms with Gasteiger partial charge in [-0.3, -0.25) is 9.59 Å². The number of hydrogen-bond acceptors (Lipinski definition) is 3. The van der Waals surface area contributed by atoms with E-state index in [-0.39, 0.29) is 18.7 Å². The molecule has 1 aromatic rings. The minimum atomic E-state index is -1.18. The summed E-state index contributed by atoms with van der Waals surface area (Å²) in [6, 6.07) is 2.00. The largest absolute Gasteiger partial charge is 0.480 e. The van der Waals surface area contributed by atoms with Crippen molar-refractivity contribution < 1.29 is 28.3 Å². The second kappa shape index (κ2) is 6.31. The Balaban J connectivity index is 2.16. The maximum atomic E-state index is 13.3. The van der Waals surface area contributed by atoms with Gasteiger partial charge in [0, 0.05) is 25.3 Å². The molecule has 1 fully saturated rings. The number of carboxylic acid groups (broad SMARTS) is 1. The Morgan fingerprint density at radius 1 is 1.35 bits per heavy atom. The van der Waals surface area contributed by atoms with Crippen molar-refractivity contribution >= 4 is 23.5 Å². The molecule has 1 N–H and O–H groups in total. The van der Waals surface area contributed by atoms with E-state index in [1.54, 1.807) is 0 Å². The van der Waals surface area contributed by atoms with Crippen LogP contribution in [0.3, 0.4) is 0 Å². The first-order chi connectivity index (χ1) is 10.7. The number of hydrogen-bond donors (Lipinski definition) is 1. The van der Waals surface area contributed by atoms with Gasteiger partial charge in [-0.2, -0.15) is 0 Å². The molecule has 1 heterocycles. The smallest absolute Gasteiger partial charge is 0.326 e. The standard InChI is InChI=1S/C15H16F2N2O4/c1-8(15(22)23)18(2)13(20)10-5-6-19(14(10)21)9-3-4-11(16)12(17)7-9/h3-4,7-8,10H,5-6H2,1-2H3,(H,22,23). The predicted octanol–water partition coefficient (Wildman–Crippen LogP) is 1.25. The molecule has 1 aliphatic rings. The van der Waals surface area contributed by atoms with Gasteiger partial charge in [-0.05, 0) is 25.5 Å². The molecule has 0 spiro atoms. The van der Waals surface area contributed by atoms with Crippen LogP contribution in [-0.4, -0.2) is 47.4 Å². The van der Waals surface area contributed by atoms with Crippen LogP contribution in [0.2, 0.25) is 0 Å². The van der Waals surface area contributed by atoms with E-state index in [0.717, 1.165) is 17.0 Å². The number of amides is 2. The summed E-state index contributed by atoms with van der Waals surface area (Å²) in [5.41, 5.74) is 0.165. The molecule has 2 rings (SSSR count). The van der Waals surface area contributed by atoms with E-state index in [4.69, 9.17) is 5.11 Å². The van der Waals surface area contributed by atoms with E-state index < -0.39 is 41.4 Å². The average molecular weight is 326 g/mol. The molecule has 8 heteroatoms. The summed E-state index contributed by atoms with van der Waals surface area (Å²) >= 11 is 0. The molecule has 2 unspecified atom stereocenters. The Hall–Kier alpha value is -2.51. The van der Waals surface area contributed by atoms with E-state index in [9.17, 15) is 23.2 Å². The zero-order valence-corrected chi connectivity index (χ0v) is 12.6. The third-order valence-corrected chi connectivity index (χ3v) is 4.00. The molecule has 2 atom stereocenters. The van der Waals surface area contributed by atoms with E-state index in [1.165, 1.54) is 24.9 Å². The number of nitrogens with zero attached hydrogens (tertiary/aromatic N) is 2. The van der Waals surface area contributed by atoms with Crippen molar-refractivity contribution in [2.45, 2.75) is 19.4 Å². The van der Waals surface area contributed by atoms with E-state index >= 15 is 0 Å². The molecule has 6 nitrogen and oxygen atoms in total. The van der Waals surface area contributed by atoms with Gasteiger partial charge in [0.2, 0.25) is 11.8 Å². The molecule has 1 saturated heterocycles. The van der Waals surface area contributed by atoms with Gasteiger partial charge in [-0.15, -0.1) is 0 Å². The van der Waals surface area contributed by atoms with Gasteiger partial charge in [0.05, 0.1) is 0 Å². The van der Waals surface area contributed by atoms with Crippen LogP contribution in [0.5, 0.6) is 0 Å². The Bertz CT molecular complexity index is 665. The summed E-state index contributed by atoms with van der Waals surface area (Å²) in [4.78, 5) is 37.8. The molecule has 0 aliphatic carbocycles. The van der Waals surface area contributed by atoms with Crippen LogP contribution in [0.15, 0.2) is 18.2 Å². The van der Waals surface area contributed by atoms with Crippen LogP contribution in [-0.2, 0) is 14.4 Å². The first-order valence-corrected chi connectivity index (χ1v) is 7.00. The van der Waals surface area contributed by atoms with Gasteiger partial charge >= 0.3 is 5.97 Å². The van der Waals surface area contributed by atoms with Crippen LogP contribution in [0.1, 0.15) is 13.3 Å². The fraction of sp³-hybridized carbons (Fsp3) is 0.400. The maximum absolute atomic E-state index is 13.3. The number of carbonyl (C=O) groups excluding carboxylic acids is 2. The molecule has 0 radical (unpaired) electrons. The minimum absolute atomic E-state index is 0.165. The van der Waals surface area contributed by atoms with Crippen LogP contribution in [0.25, 0.3) is 0 Å². The van der Waals surface area contributed by atoms with E-state index in [2.05, 4.69) is 0 Å². The van der Waals surface area contributed by atoms with Crippen molar-refractivity contribution in [3.63, 3.8) is 0 Å². The quantitative estimate of drug-likeness (QED) is 0.845. The second-order valence-corrected chi connectivity index (χ2v) is 5.39. The zero-order chi connectivity index (χ0) is 17.3. The Morgan fingerprint density at radius 3 is 2.57 bits per heavy atom. The fourth-order valence-corrected chi connectivity index (χ4v) is 2.42. The number of carboxylic acids is 1. The molecule has 2 amide bonds. The number of benzene rings is 1. The highest BCUT2D eigenvalue weighted by atomic mass is 19.2. The van der Waals surface area contributed by atoms with Crippen molar-refractivity contribution in [2.75, 3.05) is 18.5 Å². The van der Waals surface area contributed by atoms with Gasteiger partial charge in [-0.25, -0.2) is 13.6 Å². The van der Waals surface area contributed by atoms with Gasteiger partial charge < -0.3 is 14.9 Å². The Kier molecular flexibility index (Phi) is 4.63. The van der Waals surface area contributed by atoms with Crippen LogP contribution >= 0.6 is 0 Å². The highest BCUT2D eigenvalue weighted by Crippen LogP contribution is 2.27. The molecule has 0 saturated carbocycles. The summed E-state index contributed by atoms with van der Waals surface area (Å²) in [5.74, 6) is -5.45. The van der Waals surface area contributed by atoms with E-state index in [1.807, 2.05) is 0 Å². The number of likely N-dealkylation sites (N-methyl/N-ethyl adjacent to an activating group) is 1. The molecular weight excluding hydrogens is 310 g/mol. The molecule has 0 bridgehead atoms. The van der Waals surface area contributed by atoms with Crippen LogP contribution < -0.4 is 4.90 Å². The number of carbonyl (C=O) groups is 3. The molecule has 1 aromatic carbocycles. The summed E-state index contributed by atoms with van der Waals surface area (Å²) in [7, 11) is 1.31. The molecule has 1 aliphatic heterocycles. The lowest BCUT2D eigenvalue weighted by Gasteiger charge is -2.24. The Labute approximate surface area is 131 Å². The van der Waals surface area contributed by atoms with Crippen molar-refractivity contribution in [1.82, 2.24) is 4.90 Å². The van der Waals surface area contributed by atoms with Gasteiger partial charge in [0.25, 0.3) is 0 Å². The lowest BCUT2D eigenvalue weighted by molar-refractivity contribution is -0.151. The number of halogens is 2. The van der Waals surface area contributed by atoms with E-state index in [0.29, 0.717) is 0 Å². The van der Waals surface area contributed by atoms with Crippen LogP contribution in [0, 0.1) is 17.6 Å². The molecular formula is C15H16F2N2O4. The lowest BCUT2D eigenvalue weighted by atomic mass is 10.1. The van der Waals surface area contributed by atoms with Gasteiger partial charge in [0.1, 0.15) is 12.0 Å². The van der Waals surface area contributed by atoms with Gasteiger partial charge in [-0.1, -0.05) is 0 Å². The molecule has 23 heavy (non-hydrogen) atoms. The predicted molar refractivity (Wildman–Crippen MR) is 76.7 cm³/mol. The minimum Gasteiger partial charge on any atom is -0.480 e. The summed E-state index contributed by atoms with van der Waals surface area (Å²) in [6.07, 6.45) is 0.188. The fourth-order valence-electron chi connectivity index (χ4n) is 2.42. The third kappa shape index (κ3) is 3.15. The number of aliphatic carboxylic acids is 1. The maximum Gasteiger partial charge on any atom is 0.326 e. The lowest BCUT2D eigenvalue weighted by Crippen LogP contribution is -2.45. The SMILES string of the molecule is CC(C(=O)O)N(C)C(=O)C1CCN(c2ccc(F)c(F)c2)C1=O. The Morgan fingerprint density at radius 2 is 2.00 bits per heavy atom. The average Bonchev–Trinajstić information content (AvgIpc) is 2.89.